The molecule has 0 aliphatic rings. The predicted octanol–water partition coefficient (Wildman–Crippen LogP) is 2.11. The molecule has 0 radical (unpaired) electrons. The molecule has 0 rings (SSSR count). The van der Waals surface area contributed by atoms with Gasteiger partial charge in [-0.15, -0.1) is 0 Å². The Kier molecular flexibility index (Phi) is 4.76. The minimum atomic E-state index is -0.408. The van der Waals surface area contributed by atoms with Crippen LogP contribution in [0.25, 0.3) is 0 Å². The summed E-state index contributed by atoms with van der Waals surface area (Å²) >= 11 is 0. The molecule has 0 aromatic heterocycles. The van der Waals surface area contributed by atoms with Crippen molar-refractivity contribution in [1.82, 2.24) is 0 Å². The Hall–Kier alpha value is -1.32. The molecule has 4 heteroatoms. The van der Waals surface area contributed by atoms with Crippen LogP contribution in [0.4, 0.5) is 0 Å². The molecule has 0 amide bonds. The summed E-state index contributed by atoms with van der Waals surface area (Å²) in [7, 11) is 1.45. The van der Waals surface area contributed by atoms with Crippen molar-refractivity contribution in [1.29, 1.82) is 0 Å². The lowest BCUT2D eigenvalue weighted by molar-refractivity contribution is -0.420. The Bertz CT molecular complexity index is 218. The molecule has 0 saturated carbocycles. The van der Waals surface area contributed by atoms with Crippen molar-refractivity contribution < 1.29 is 9.66 Å². The molecule has 0 heterocycles. The van der Waals surface area contributed by atoms with Crippen LogP contribution in [0.3, 0.4) is 0 Å². The molecule has 0 bridgehead atoms. The fraction of sp³-hybridized carbons (Fsp3) is 0.500. The fourth-order valence-electron chi connectivity index (χ4n) is 0.673. The van der Waals surface area contributed by atoms with Crippen molar-refractivity contribution in [3.63, 3.8) is 0 Å². The van der Waals surface area contributed by atoms with Gasteiger partial charge in [-0.2, -0.15) is 0 Å². The summed E-state index contributed by atoms with van der Waals surface area (Å²) in [6, 6.07) is 0. The van der Waals surface area contributed by atoms with E-state index in [-0.39, 0.29) is 5.70 Å². The maximum Gasteiger partial charge on any atom is 0.271 e. The van der Waals surface area contributed by atoms with E-state index in [2.05, 4.69) is 4.74 Å². The van der Waals surface area contributed by atoms with E-state index in [0.29, 0.717) is 6.42 Å². The minimum Gasteiger partial charge on any atom is -0.504 e. The Labute approximate surface area is 71.7 Å². The number of hydrogen-bond acceptors (Lipinski definition) is 3. The Morgan fingerprint density at radius 1 is 1.67 bits per heavy atom. The molecule has 0 aliphatic heterocycles. The SMILES string of the molecule is CC/C(C)=C(/C=C/OC)[N+](=O)[O-]. The summed E-state index contributed by atoms with van der Waals surface area (Å²) in [6.07, 6.45) is 3.33. The molecule has 0 aromatic carbocycles. The number of methoxy groups -OCH3 is 1. The van der Waals surface area contributed by atoms with E-state index in [0.717, 1.165) is 5.57 Å². The molecular formula is C8H13NO3. The van der Waals surface area contributed by atoms with Crippen LogP contribution in [-0.2, 0) is 4.74 Å². The first-order valence-corrected chi connectivity index (χ1v) is 3.67. The number of allylic oxidation sites excluding steroid dienone is 2. The zero-order valence-corrected chi connectivity index (χ0v) is 7.53. The van der Waals surface area contributed by atoms with Gasteiger partial charge in [0.1, 0.15) is 0 Å². The molecule has 0 atom stereocenters. The first-order valence-electron chi connectivity index (χ1n) is 3.67. The topological polar surface area (TPSA) is 52.4 Å². The van der Waals surface area contributed by atoms with Crippen molar-refractivity contribution in [2.45, 2.75) is 20.3 Å². The smallest absolute Gasteiger partial charge is 0.271 e. The number of rotatable bonds is 4. The van der Waals surface area contributed by atoms with Gasteiger partial charge in [-0.1, -0.05) is 6.92 Å². The summed E-state index contributed by atoms with van der Waals surface area (Å²) in [5.74, 6) is 0. The van der Waals surface area contributed by atoms with Crippen molar-refractivity contribution in [2.75, 3.05) is 7.11 Å². The maximum atomic E-state index is 10.4. The highest BCUT2D eigenvalue weighted by atomic mass is 16.6. The quantitative estimate of drug-likeness (QED) is 0.282. The van der Waals surface area contributed by atoms with E-state index in [4.69, 9.17) is 0 Å². The molecular weight excluding hydrogens is 158 g/mol. The molecule has 4 nitrogen and oxygen atoms in total. The van der Waals surface area contributed by atoms with Crippen LogP contribution in [0, 0.1) is 10.1 Å². The van der Waals surface area contributed by atoms with Gasteiger partial charge in [0.2, 0.25) is 0 Å². The zero-order valence-electron chi connectivity index (χ0n) is 7.53. The second-order valence-electron chi connectivity index (χ2n) is 2.31. The van der Waals surface area contributed by atoms with Crippen LogP contribution in [0.1, 0.15) is 20.3 Å². The Balaban J connectivity index is 4.66. The lowest BCUT2D eigenvalue weighted by Gasteiger charge is -1.96. The Morgan fingerprint density at radius 3 is 2.58 bits per heavy atom. The number of nitrogens with zero attached hydrogens (tertiary/aromatic N) is 1. The van der Waals surface area contributed by atoms with E-state index in [1.54, 1.807) is 6.92 Å². The van der Waals surface area contributed by atoms with Crippen molar-refractivity contribution in [3.05, 3.63) is 33.7 Å². The third-order valence-electron chi connectivity index (χ3n) is 1.53. The number of hydrogen-bond donors (Lipinski definition) is 0. The average Bonchev–Trinajstić information content (AvgIpc) is 2.04. The van der Waals surface area contributed by atoms with Gasteiger partial charge >= 0.3 is 0 Å². The molecule has 0 saturated heterocycles. The highest BCUT2D eigenvalue weighted by Crippen LogP contribution is 2.09. The first kappa shape index (κ1) is 10.7. The highest BCUT2D eigenvalue weighted by molar-refractivity contribution is 5.16. The van der Waals surface area contributed by atoms with Crippen LogP contribution in [0.5, 0.6) is 0 Å². The van der Waals surface area contributed by atoms with E-state index in [1.807, 2.05) is 6.92 Å². The summed E-state index contributed by atoms with van der Waals surface area (Å²) in [5, 5.41) is 10.4. The predicted molar refractivity (Wildman–Crippen MR) is 46.1 cm³/mol. The molecule has 68 valence electrons. The lowest BCUT2D eigenvalue weighted by Crippen LogP contribution is -1.98. The first-order chi connectivity index (χ1) is 5.63. The molecule has 0 fully saturated rings. The molecule has 12 heavy (non-hydrogen) atoms. The fourth-order valence-corrected chi connectivity index (χ4v) is 0.673. The van der Waals surface area contributed by atoms with Crippen molar-refractivity contribution in [2.24, 2.45) is 0 Å². The van der Waals surface area contributed by atoms with E-state index < -0.39 is 4.92 Å². The Morgan fingerprint density at radius 2 is 2.25 bits per heavy atom. The van der Waals surface area contributed by atoms with Gasteiger partial charge in [-0.25, -0.2) is 0 Å². The molecule has 0 N–H and O–H groups in total. The molecule has 0 aliphatic carbocycles. The summed E-state index contributed by atoms with van der Waals surface area (Å²) in [6.45, 7) is 3.61. The van der Waals surface area contributed by atoms with Crippen LogP contribution in [-0.4, -0.2) is 12.0 Å². The van der Waals surface area contributed by atoms with Crippen molar-refractivity contribution >= 4 is 0 Å². The third-order valence-corrected chi connectivity index (χ3v) is 1.53. The van der Waals surface area contributed by atoms with Crippen LogP contribution >= 0.6 is 0 Å². The van der Waals surface area contributed by atoms with Crippen LogP contribution in [0.2, 0.25) is 0 Å². The summed E-state index contributed by atoms with van der Waals surface area (Å²) in [4.78, 5) is 10.0. The van der Waals surface area contributed by atoms with Gasteiger partial charge in [0.05, 0.1) is 24.4 Å². The van der Waals surface area contributed by atoms with Gasteiger partial charge < -0.3 is 4.74 Å². The maximum absolute atomic E-state index is 10.4. The average molecular weight is 171 g/mol. The minimum absolute atomic E-state index is 0.111. The van der Waals surface area contributed by atoms with Crippen molar-refractivity contribution in [3.8, 4) is 0 Å². The van der Waals surface area contributed by atoms with Gasteiger partial charge in [0.25, 0.3) is 5.70 Å². The second-order valence-corrected chi connectivity index (χ2v) is 2.31. The normalized spacial score (nSPS) is 12.9. The van der Waals surface area contributed by atoms with Crippen LogP contribution < -0.4 is 0 Å². The number of ether oxygens (including phenoxy) is 1. The molecule has 0 spiro atoms. The highest BCUT2D eigenvalue weighted by Gasteiger charge is 2.09. The van der Waals surface area contributed by atoms with Gasteiger partial charge in [0.15, 0.2) is 0 Å². The second kappa shape index (κ2) is 5.35. The van der Waals surface area contributed by atoms with E-state index in [1.165, 1.54) is 19.4 Å². The largest absolute Gasteiger partial charge is 0.504 e. The number of nitro groups is 1. The molecule has 0 unspecified atom stereocenters. The summed E-state index contributed by atoms with van der Waals surface area (Å²) < 4.78 is 4.60. The van der Waals surface area contributed by atoms with E-state index >= 15 is 0 Å². The monoisotopic (exact) mass is 171 g/mol. The van der Waals surface area contributed by atoms with Gasteiger partial charge in [-0.3, -0.25) is 10.1 Å². The summed E-state index contributed by atoms with van der Waals surface area (Å²) in [5.41, 5.74) is 0.854. The van der Waals surface area contributed by atoms with E-state index in [9.17, 15) is 10.1 Å². The zero-order chi connectivity index (χ0) is 9.56. The lowest BCUT2D eigenvalue weighted by atomic mass is 10.2. The van der Waals surface area contributed by atoms with Gasteiger partial charge in [0, 0.05) is 5.57 Å². The standard InChI is InChI=1S/C8H13NO3/c1-4-7(2)8(9(10)11)5-6-12-3/h5-6H,4H2,1-3H3/b6-5+,8-7-. The van der Waals surface area contributed by atoms with Crippen LogP contribution in [0.15, 0.2) is 23.6 Å². The third kappa shape index (κ3) is 3.18. The van der Waals surface area contributed by atoms with Gasteiger partial charge in [-0.05, 0) is 13.3 Å². The molecule has 0 aromatic rings.